The second-order valence-electron chi connectivity index (χ2n) is 9.40. The molecule has 2 aliphatic rings. The largest absolute Gasteiger partial charge is 0.488 e. The van der Waals surface area contributed by atoms with Crippen molar-refractivity contribution in [3.8, 4) is 5.75 Å². The van der Waals surface area contributed by atoms with E-state index in [-0.39, 0.29) is 48.8 Å². The molecule has 6 nitrogen and oxygen atoms in total. The lowest BCUT2D eigenvalue weighted by molar-refractivity contribution is -0.144. The maximum atomic E-state index is 14.1. The van der Waals surface area contributed by atoms with E-state index in [1.54, 1.807) is 39.3 Å². The van der Waals surface area contributed by atoms with Gasteiger partial charge in [0.2, 0.25) is 11.8 Å². The minimum Gasteiger partial charge on any atom is -0.488 e. The molecule has 0 radical (unpaired) electrons. The maximum absolute atomic E-state index is 14.1. The van der Waals surface area contributed by atoms with Gasteiger partial charge in [-0.15, -0.1) is 11.3 Å². The van der Waals surface area contributed by atoms with E-state index >= 15 is 0 Å². The molecular formula is C26H33FN2O4S. The molecule has 0 N–H and O–H groups in total. The highest BCUT2D eigenvalue weighted by Gasteiger charge is 2.34. The molecule has 3 heterocycles. The Morgan fingerprint density at radius 3 is 2.85 bits per heavy atom. The van der Waals surface area contributed by atoms with Crippen LogP contribution < -0.4 is 4.74 Å². The summed E-state index contributed by atoms with van der Waals surface area (Å²) >= 11 is 1.67. The molecule has 1 saturated heterocycles. The number of carbonyl (C=O) groups excluding carboxylic acids is 2. The van der Waals surface area contributed by atoms with E-state index in [2.05, 4.69) is 0 Å². The van der Waals surface area contributed by atoms with Crippen LogP contribution in [-0.4, -0.2) is 60.6 Å². The van der Waals surface area contributed by atoms with Gasteiger partial charge in [0.15, 0.2) is 11.6 Å². The lowest BCUT2D eigenvalue weighted by atomic mass is 10.00. The summed E-state index contributed by atoms with van der Waals surface area (Å²) in [7, 11) is 0. The molecule has 1 fully saturated rings. The van der Waals surface area contributed by atoms with E-state index in [1.165, 1.54) is 10.9 Å². The highest BCUT2D eigenvalue weighted by atomic mass is 32.1. The first-order chi connectivity index (χ1) is 16.4. The van der Waals surface area contributed by atoms with E-state index < -0.39 is 5.82 Å². The molecule has 0 bridgehead atoms. The highest BCUT2D eigenvalue weighted by molar-refractivity contribution is 7.10. The van der Waals surface area contributed by atoms with Crippen molar-refractivity contribution in [1.29, 1.82) is 0 Å². The summed E-state index contributed by atoms with van der Waals surface area (Å²) in [6.45, 7) is 5.86. The predicted octanol–water partition coefficient (Wildman–Crippen LogP) is 4.45. The zero-order chi connectivity index (χ0) is 24.1. The van der Waals surface area contributed by atoms with Gasteiger partial charge in [-0.1, -0.05) is 26.0 Å². The zero-order valence-electron chi connectivity index (χ0n) is 19.9. The lowest BCUT2D eigenvalue weighted by Crippen LogP contribution is -2.49. The van der Waals surface area contributed by atoms with Gasteiger partial charge < -0.3 is 19.3 Å². The number of carbonyl (C=O) groups is 2. The third kappa shape index (κ3) is 5.96. The van der Waals surface area contributed by atoms with Gasteiger partial charge in [0.1, 0.15) is 6.61 Å². The molecule has 4 rings (SSSR count). The van der Waals surface area contributed by atoms with E-state index in [0.717, 1.165) is 24.8 Å². The zero-order valence-corrected chi connectivity index (χ0v) is 20.7. The maximum Gasteiger partial charge on any atom is 0.242 e. The third-order valence-electron chi connectivity index (χ3n) is 6.36. The third-order valence-corrected chi connectivity index (χ3v) is 7.35. The molecular weight excluding hydrogens is 455 g/mol. The smallest absolute Gasteiger partial charge is 0.242 e. The van der Waals surface area contributed by atoms with Gasteiger partial charge in [0, 0.05) is 31.0 Å². The Morgan fingerprint density at radius 1 is 1.29 bits per heavy atom. The van der Waals surface area contributed by atoms with Crippen molar-refractivity contribution in [3.05, 3.63) is 52.0 Å². The molecule has 2 amide bonds. The topological polar surface area (TPSA) is 59.1 Å². The van der Waals surface area contributed by atoms with Gasteiger partial charge >= 0.3 is 0 Å². The molecule has 0 saturated carbocycles. The van der Waals surface area contributed by atoms with Crippen molar-refractivity contribution < 1.29 is 23.5 Å². The fourth-order valence-electron chi connectivity index (χ4n) is 4.63. The van der Waals surface area contributed by atoms with Gasteiger partial charge in [0.25, 0.3) is 0 Å². The van der Waals surface area contributed by atoms with Crippen molar-refractivity contribution in [3.63, 3.8) is 0 Å². The normalized spacial score (nSPS) is 19.8. The van der Waals surface area contributed by atoms with Crippen LogP contribution in [-0.2, 0) is 20.7 Å². The van der Waals surface area contributed by atoms with Gasteiger partial charge in [-0.25, -0.2) is 4.39 Å². The van der Waals surface area contributed by atoms with Gasteiger partial charge in [-0.2, -0.15) is 0 Å². The Labute approximate surface area is 204 Å². The molecule has 0 aliphatic carbocycles. The molecule has 2 aromatic rings. The number of halogens is 1. The number of nitrogens with zero attached hydrogens (tertiary/aromatic N) is 2. The summed E-state index contributed by atoms with van der Waals surface area (Å²) < 4.78 is 25.7. The Hall–Kier alpha value is -2.45. The van der Waals surface area contributed by atoms with Crippen molar-refractivity contribution in [2.24, 2.45) is 5.92 Å². The summed E-state index contributed by atoms with van der Waals surface area (Å²) in [6.07, 6.45) is 3.03. The second kappa shape index (κ2) is 11.3. The summed E-state index contributed by atoms with van der Waals surface area (Å²) in [4.78, 5) is 31.2. The van der Waals surface area contributed by atoms with Crippen molar-refractivity contribution in [1.82, 2.24) is 9.80 Å². The summed E-state index contributed by atoms with van der Waals surface area (Å²) in [6, 6.07) is 7.98. The molecule has 2 aliphatic heterocycles. The first-order valence-corrected chi connectivity index (χ1v) is 12.9. The first kappa shape index (κ1) is 24.7. The average Bonchev–Trinajstić information content (AvgIpc) is 3.49. The number of rotatable bonds is 9. The van der Waals surface area contributed by atoms with Crippen molar-refractivity contribution in [2.75, 3.05) is 32.8 Å². The molecule has 0 unspecified atom stereocenters. The van der Waals surface area contributed by atoms with Gasteiger partial charge in [-0.3, -0.25) is 9.59 Å². The van der Waals surface area contributed by atoms with Gasteiger partial charge in [0.05, 0.1) is 18.7 Å². The van der Waals surface area contributed by atoms with Crippen molar-refractivity contribution >= 4 is 23.2 Å². The van der Waals surface area contributed by atoms with Crippen LogP contribution in [0.1, 0.15) is 49.6 Å². The number of hydrogen-bond acceptors (Lipinski definition) is 5. The summed E-state index contributed by atoms with van der Waals surface area (Å²) in [5.74, 6) is -0.187. The minimum absolute atomic E-state index is 0.0150. The number of thiophene rings is 1. The van der Waals surface area contributed by atoms with E-state index in [4.69, 9.17) is 9.47 Å². The van der Waals surface area contributed by atoms with Crippen molar-refractivity contribution in [2.45, 2.75) is 51.7 Å². The monoisotopic (exact) mass is 488 g/mol. The van der Waals surface area contributed by atoms with Crippen LogP contribution >= 0.6 is 11.3 Å². The Balaban J connectivity index is 1.50. The van der Waals surface area contributed by atoms with Crippen LogP contribution in [0.5, 0.6) is 5.75 Å². The summed E-state index contributed by atoms with van der Waals surface area (Å²) in [5, 5.41) is 2.02. The fourth-order valence-corrected chi connectivity index (χ4v) is 5.55. The Morgan fingerprint density at radius 2 is 2.12 bits per heavy atom. The number of para-hydroxylation sites is 1. The van der Waals surface area contributed by atoms with E-state index in [1.807, 2.05) is 25.3 Å². The Bertz CT molecular complexity index is 989. The number of hydrogen-bond donors (Lipinski definition) is 0. The molecule has 34 heavy (non-hydrogen) atoms. The predicted molar refractivity (Wildman–Crippen MR) is 129 cm³/mol. The fraction of sp³-hybridized carbons (Fsp3) is 0.538. The number of amides is 2. The van der Waals surface area contributed by atoms with E-state index in [9.17, 15) is 14.0 Å². The summed E-state index contributed by atoms with van der Waals surface area (Å²) in [5.41, 5.74) is 1.04. The first-order valence-electron chi connectivity index (χ1n) is 12.0. The molecule has 0 spiro atoms. The van der Waals surface area contributed by atoms with Crippen LogP contribution in [0.3, 0.4) is 0 Å². The van der Waals surface area contributed by atoms with Crippen LogP contribution in [0, 0.1) is 11.7 Å². The molecule has 184 valence electrons. The van der Waals surface area contributed by atoms with Crippen LogP contribution in [0.4, 0.5) is 4.39 Å². The minimum atomic E-state index is -0.427. The molecule has 2 atom stereocenters. The second-order valence-corrected chi connectivity index (χ2v) is 10.4. The Kier molecular flexibility index (Phi) is 8.21. The molecule has 8 heteroatoms. The number of ether oxygens (including phenoxy) is 2. The average molecular weight is 489 g/mol. The number of benzene rings is 1. The van der Waals surface area contributed by atoms with Crippen LogP contribution in [0.15, 0.2) is 35.7 Å². The van der Waals surface area contributed by atoms with E-state index in [0.29, 0.717) is 26.1 Å². The lowest BCUT2D eigenvalue weighted by Gasteiger charge is -2.37. The SMILES string of the molecule is CC(C)CC(=O)N(CC(=O)N1CCc2sccc2[C@@H]1COc1ccccc1F)C[C@H]1CCCO1. The number of fused-ring (bicyclic) bond motifs is 1. The highest BCUT2D eigenvalue weighted by Crippen LogP contribution is 2.34. The quantitative estimate of drug-likeness (QED) is 0.524. The van der Waals surface area contributed by atoms with Crippen LogP contribution in [0.25, 0.3) is 0 Å². The van der Waals surface area contributed by atoms with Crippen LogP contribution in [0.2, 0.25) is 0 Å². The standard InChI is InChI=1S/C26H33FN2O4S/c1-18(2)14-25(30)28(15-19-6-5-12-32-19)16-26(31)29-11-9-24-20(10-13-34-24)22(29)17-33-23-8-4-3-7-21(23)27/h3-4,7-8,10,13,18-19,22H,5-6,9,11-12,14-17H2,1-2H3/t19-,22+/m1/s1. The molecule has 1 aromatic carbocycles. The molecule has 1 aromatic heterocycles. The van der Waals surface area contributed by atoms with Gasteiger partial charge in [-0.05, 0) is 54.3 Å².